The number of hydrogen-bond acceptors (Lipinski definition) is 3. The number of aliphatic hydroxyl groups excluding tert-OH is 1. The van der Waals surface area contributed by atoms with E-state index in [4.69, 9.17) is 9.66 Å². The minimum atomic E-state index is -4.06. The van der Waals surface area contributed by atoms with Crippen molar-refractivity contribution < 1.29 is 18.1 Å². The first-order valence-electron chi connectivity index (χ1n) is 5.09. The fraction of sp³-hybridized carbons (Fsp3) is 1.00. The summed E-state index contributed by atoms with van der Waals surface area (Å²) in [5.74, 6) is 0. The molecular weight excluding hydrogens is 434 g/mol. The molecular formula is C9H30Na10O4S. The number of unbranched alkanes of at least 4 members (excludes halogenated alkanes) is 4. The summed E-state index contributed by atoms with van der Waals surface area (Å²) < 4.78 is 30.0. The Balaban J connectivity index is -0.0000000188. The molecule has 0 bridgehead atoms. The molecule has 0 aromatic carbocycles. The van der Waals surface area contributed by atoms with E-state index in [-0.39, 0.29) is 296 Å². The van der Waals surface area contributed by atoms with Crippen LogP contribution in [0.15, 0.2) is 0 Å². The first-order valence-corrected chi connectivity index (χ1v) is 6.59. The Kier molecular flexibility index (Phi) is 145. The van der Waals surface area contributed by atoms with E-state index in [2.05, 4.69) is 6.92 Å². The van der Waals surface area contributed by atoms with Gasteiger partial charge < -0.3 is 5.11 Å². The Hall–Kier alpha value is 9.87. The molecule has 2 N–H and O–H groups in total. The first-order chi connectivity index (χ1) is 6.52. The van der Waals surface area contributed by atoms with Crippen LogP contribution >= 0.6 is 0 Å². The summed E-state index contributed by atoms with van der Waals surface area (Å²) >= 11 is 0. The summed E-state index contributed by atoms with van der Waals surface area (Å²) in [5, 5.41) is 7.73. The average molecular weight is 464 g/mol. The average Bonchev–Trinajstić information content (AvgIpc) is 2.09. The summed E-state index contributed by atoms with van der Waals surface area (Å²) in [5.41, 5.74) is 0. The summed E-state index contributed by atoms with van der Waals surface area (Å²) in [6.07, 6.45) is 5.42. The van der Waals surface area contributed by atoms with Gasteiger partial charge in [-0.2, -0.15) is 8.42 Å². The molecule has 0 amide bonds. The zero-order valence-corrected chi connectivity index (χ0v) is 9.46. The zero-order valence-electron chi connectivity index (χ0n) is 8.65. The third-order valence-corrected chi connectivity index (χ3v) is 3.48. The molecule has 0 aliphatic carbocycles. The van der Waals surface area contributed by atoms with Crippen molar-refractivity contribution in [1.82, 2.24) is 0 Å². The first kappa shape index (κ1) is 70.0. The SMILES string of the molecule is CCCCCCCC(CO)S(=O)(=O)O.[NaH].[NaH].[NaH].[NaH].[NaH].[NaH].[NaH].[NaH].[NaH].[NaH]. The molecule has 0 saturated heterocycles. The van der Waals surface area contributed by atoms with Crippen molar-refractivity contribution in [2.45, 2.75) is 50.7 Å². The summed E-state index contributed by atoms with van der Waals surface area (Å²) in [4.78, 5) is 0. The Labute approximate surface area is 370 Å². The summed E-state index contributed by atoms with van der Waals surface area (Å²) in [6, 6.07) is 0. The summed E-state index contributed by atoms with van der Waals surface area (Å²) in [7, 11) is -4.06. The van der Waals surface area contributed by atoms with Gasteiger partial charge in [-0.25, -0.2) is 0 Å². The molecule has 0 fully saturated rings. The molecule has 0 saturated carbocycles. The van der Waals surface area contributed by atoms with Crippen LogP contribution in [0.2, 0.25) is 0 Å². The van der Waals surface area contributed by atoms with Gasteiger partial charge in [0.05, 0.1) is 6.61 Å². The van der Waals surface area contributed by atoms with Crippen LogP contribution in [-0.4, -0.2) is 326 Å². The van der Waals surface area contributed by atoms with E-state index >= 15 is 0 Å². The molecule has 0 aliphatic heterocycles. The van der Waals surface area contributed by atoms with Crippen LogP contribution in [-0.2, 0) is 10.1 Å². The van der Waals surface area contributed by atoms with Gasteiger partial charge in [0.1, 0.15) is 5.25 Å². The van der Waals surface area contributed by atoms with Crippen LogP contribution in [0, 0.1) is 0 Å². The van der Waals surface area contributed by atoms with Gasteiger partial charge in [-0.15, -0.1) is 0 Å². The number of hydrogen-bond donors (Lipinski definition) is 2. The summed E-state index contributed by atoms with van der Waals surface area (Å²) in [6.45, 7) is 1.61. The third-order valence-electron chi connectivity index (χ3n) is 2.25. The van der Waals surface area contributed by atoms with E-state index in [0.29, 0.717) is 6.42 Å². The Morgan fingerprint density at radius 3 is 1.29 bits per heavy atom. The topological polar surface area (TPSA) is 74.6 Å². The van der Waals surface area contributed by atoms with Crippen LogP contribution in [0.25, 0.3) is 0 Å². The molecule has 0 spiro atoms. The van der Waals surface area contributed by atoms with Crippen molar-refractivity contribution in [1.29, 1.82) is 0 Å². The van der Waals surface area contributed by atoms with Gasteiger partial charge in [-0.05, 0) is 6.42 Å². The second kappa shape index (κ2) is 49.9. The van der Waals surface area contributed by atoms with Gasteiger partial charge in [0.2, 0.25) is 0 Å². The zero-order chi connectivity index (χ0) is 11.0. The Bertz CT molecular complexity index is 246. The fourth-order valence-corrected chi connectivity index (χ4v) is 1.96. The molecule has 24 heavy (non-hydrogen) atoms. The van der Waals surface area contributed by atoms with Crippen LogP contribution in [0.5, 0.6) is 0 Å². The van der Waals surface area contributed by atoms with Crippen molar-refractivity contribution in [2.24, 2.45) is 0 Å². The van der Waals surface area contributed by atoms with Crippen LogP contribution in [0.3, 0.4) is 0 Å². The van der Waals surface area contributed by atoms with Crippen LogP contribution in [0.4, 0.5) is 0 Å². The molecule has 0 rings (SSSR count). The van der Waals surface area contributed by atoms with Gasteiger partial charge in [-0.3, -0.25) is 4.55 Å². The van der Waals surface area contributed by atoms with Crippen molar-refractivity contribution in [3.8, 4) is 0 Å². The monoisotopic (exact) mass is 464 g/mol. The van der Waals surface area contributed by atoms with Crippen LogP contribution in [0.1, 0.15) is 45.4 Å². The molecule has 15 heteroatoms. The predicted molar refractivity (Wildman–Crippen MR) is 127 cm³/mol. The number of aliphatic hydroxyl groups is 1. The van der Waals surface area contributed by atoms with E-state index in [1.807, 2.05) is 0 Å². The van der Waals surface area contributed by atoms with Crippen LogP contribution < -0.4 is 0 Å². The molecule has 106 valence electrons. The predicted octanol–water partition coefficient (Wildman–Crippen LogP) is -4.89. The van der Waals surface area contributed by atoms with E-state index < -0.39 is 22.0 Å². The molecule has 0 aromatic rings. The van der Waals surface area contributed by atoms with E-state index in [9.17, 15) is 8.42 Å². The molecule has 4 nitrogen and oxygen atoms in total. The van der Waals surface area contributed by atoms with Crippen molar-refractivity contribution in [2.75, 3.05) is 6.61 Å². The van der Waals surface area contributed by atoms with E-state index in [0.717, 1.165) is 32.1 Å². The second-order valence-electron chi connectivity index (χ2n) is 3.52. The van der Waals surface area contributed by atoms with Gasteiger partial charge >= 0.3 is 296 Å². The standard InChI is InChI=1S/C9H20O4S.10Na.10H/c1-2-3-4-5-6-7-9(8-10)14(11,12)13;;;;;;;;;;;;;;;;;;;;/h9-10H,2-8H2,1H3,(H,11,12,13);;;;;;;;;;;;;;;;;;;;. The van der Waals surface area contributed by atoms with Crippen molar-refractivity contribution >= 4 is 306 Å². The Morgan fingerprint density at radius 2 is 1.04 bits per heavy atom. The number of rotatable bonds is 8. The molecule has 1 unspecified atom stereocenters. The van der Waals surface area contributed by atoms with Gasteiger partial charge in [0.15, 0.2) is 0 Å². The van der Waals surface area contributed by atoms with E-state index in [1.54, 1.807) is 0 Å². The van der Waals surface area contributed by atoms with Gasteiger partial charge in [0.25, 0.3) is 10.1 Å². The molecule has 1 atom stereocenters. The van der Waals surface area contributed by atoms with E-state index in [1.165, 1.54) is 0 Å². The molecule has 0 radical (unpaired) electrons. The maximum absolute atomic E-state index is 10.7. The molecule has 0 aromatic heterocycles. The van der Waals surface area contributed by atoms with Gasteiger partial charge in [-0.1, -0.05) is 39.0 Å². The Morgan fingerprint density at radius 1 is 0.708 bits per heavy atom. The second-order valence-corrected chi connectivity index (χ2v) is 5.22. The van der Waals surface area contributed by atoms with Crippen molar-refractivity contribution in [3.05, 3.63) is 0 Å². The fourth-order valence-electron chi connectivity index (χ4n) is 1.31. The minimum absolute atomic E-state index is 0. The molecule has 0 aliphatic rings. The normalized spacial score (nSPS) is 8.29. The van der Waals surface area contributed by atoms with Gasteiger partial charge in [0, 0.05) is 0 Å². The third kappa shape index (κ3) is 49.1. The quantitative estimate of drug-likeness (QED) is 0.215. The maximum atomic E-state index is 10.7. The van der Waals surface area contributed by atoms with Crippen molar-refractivity contribution in [3.63, 3.8) is 0 Å². The molecule has 0 heterocycles.